The van der Waals surface area contributed by atoms with Crippen molar-refractivity contribution in [3.8, 4) is 0 Å². The number of pyridine rings is 1. The summed E-state index contributed by atoms with van der Waals surface area (Å²) in [5, 5.41) is 1.30. The number of nitrogens with zero attached hydrogens (tertiary/aromatic N) is 1. The molecule has 0 saturated heterocycles. The van der Waals surface area contributed by atoms with E-state index in [0.717, 1.165) is 12.1 Å². The molecule has 0 spiro atoms. The molecule has 0 amide bonds. The van der Waals surface area contributed by atoms with E-state index in [9.17, 15) is 0 Å². The second kappa shape index (κ2) is 3.87. The number of hydrogen-bond donors (Lipinski definition) is 1. The lowest BCUT2D eigenvalue weighted by atomic mass is 9.69. The van der Waals surface area contributed by atoms with Crippen LogP contribution in [0, 0.1) is 5.92 Å². The lowest BCUT2D eigenvalue weighted by Gasteiger charge is -2.36. The van der Waals surface area contributed by atoms with Crippen molar-refractivity contribution in [3.05, 3.63) is 42.1 Å². The van der Waals surface area contributed by atoms with Gasteiger partial charge in [-0.3, -0.25) is 4.98 Å². The van der Waals surface area contributed by atoms with Gasteiger partial charge in [0.2, 0.25) is 0 Å². The maximum absolute atomic E-state index is 5.79. The second-order valence-corrected chi connectivity index (χ2v) is 4.60. The summed E-state index contributed by atoms with van der Waals surface area (Å²) in [4.78, 5) is 4.40. The molecule has 82 valence electrons. The van der Waals surface area contributed by atoms with E-state index in [1.165, 1.54) is 23.8 Å². The highest BCUT2D eigenvalue weighted by atomic mass is 14.6. The Bertz CT molecular complexity index is 500. The minimum absolute atomic E-state index is 0.651. The molecule has 0 bridgehead atoms. The molecule has 2 heteroatoms. The Labute approximate surface area is 95.5 Å². The molecule has 2 atom stereocenters. The SMILES string of the molecule is NCC1CCC1c1cccc2ncccc12. The van der Waals surface area contributed by atoms with Crippen LogP contribution >= 0.6 is 0 Å². The molecule has 1 heterocycles. The Hall–Kier alpha value is -1.41. The standard InChI is InChI=1S/C14H16N2/c15-9-10-6-7-11(10)12-3-1-5-14-13(12)4-2-8-16-14/h1-5,8,10-11H,6-7,9,15H2. The first-order valence-electron chi connectivity index (χ1n) is 5.94. The Morgan fingerprint density at radius 1 is 1.19 bits per heavy atom. The highest BCUT2D eigenvalue weighted by Crippen LogP contribution is 2.43. The van der Waals surface area contributed by atoms with Gasteiger partial charge in [0.1, 0.15) is 0 Å². The highest BCUT2D eigenvalue weighted by Gasteiger charge is 2.31. The van der Waals surface area contributed by atoms with Crippen LogP contribution in [0.1, 0.15) is 24.3 Å². The molecule has 3 rings (SSSR count). The first kappa shape index (κ1) is 9.79. The molecule has 1 fully saturated rings. The minimum atomic E-state index is 0.651. The molecule has 16 heavy (non-hydrogen) atoms. The van der Waals surface area contributed by atoms with E-state index in [0.29, 0.717) is 11.8 Å². The van der Waals surface area contributed by atoms with Crippen molar-refractivity contribution in [1.82, 2.24) is 4.98 Å². The molecular weight excluding hydrogens is 196 g/mol. The van der Waals surface area contributed by atoms with Crippen LogP contribution in [0.2, 0.25) is 0 Å². The van der Waals surface area contributed by atoms with E-state index >= 15 is 0 Å². The molecule has 2 nitrogen and oxygen atoms in total. The van der Waals surface area contributed by atoms with Crippen LogP contribution in [0.4, 0.5) is 0 Å². The molecule has 1 aromatic heterocycles. The van der Waals surface area contributed by atoms with Crippen molar-refractivity contribution in [2.75, 3.05) is 6.54 Å². The predicted octanol–water partition coefficient (Wildman–Crippen LogP) is 2.69. The van der Waals surface area contributed by atoms with Gasteiger partial charge in [-0.2, -0.15) is 0 Å². The van der Waals surface area contributed by atoms with Crippen LogP contribution in [-0.4, -0.2) is 11.5 Å². The molecule has 1 aliphatic rings. The largest absolute Gasteiger partial charge is 0.330 e. The van der Waals surface area contributed by atoms with Crippen LogP contribution in [0.5, 0.6) is 0 Å². The predicted molar refractivity (Wildman–Crippen MR) is 66.3 cm³/mol. The van der Waals surface area contributed by atoms with Gasteiger partial charge in [-0.1, -0.05) is 18.2 Å². The van der Waals surface area contributed by atoms with E-state index in [2.05, 4.69) is 29.2 Å². The van der Waals surface area contributed by atoms with Crippen molar-refractivity contribution in [2.45, 2.75) is 18.8 Å². The normalized spacial score (nSPS) is 24.3. The summed E-state index contributed by atoms with van der Waals surface area (Å²) in [7, 11) is 0. The third-order valence-corrected chi connectivity index (χ3v) is 3.80. The maximum Gasteiger partial charge on any atom is 0.0704 e. The van der Waals surface area contributed by atoms with Gasteiger partial charge in [0.15, 0.2) is 0 Å². The van der Waals surface area contributed by atoms with Crippen molar-refractivity contribution in [1.29, 1.82) is 0 Å². The zero-order valence-electron chi connectivity index (χ0n) is 9.26. The number of aromatic nitrogens is 1. The van der Waals surface area contributed by atoms with Crippen molar-refractivity contribution in [3.63, 3.8) is 0 Å². The number of nitrogens with two attached hydrogens (primary N) is 1. The van der Waals surface area contributed by atoms with E-state index in [-0.39, 0.29) is 0 Å². The van der Waals surface area contributed by atoms with Crippen LogP contribution < -0.4 is 5.73 Å². The molecule has 2 N–H and O–H groups in total. The number of benzene rings is 1. The first-order chi connectivity index (χ1) is 7.90. The summed E-state index contributed by atoms with van der Waals surface area (Å²) in [6.45, 7) is 0.807. The van der Waals surface area contributed by atoms with Gasteiger partial charge < -0.3 is 5.73 Å². The van der Waals surface area contributed by atoms with Gasteiger partial charge >= 0.3 is 0 Å². The third-order valence-electron chi connectivity index (χ3n) is 3.80. The molecule has 0 radical (unpaired) electrons. The van der Waals surface area contributed by atoms with Crippen LogP contribution in [0.3, 0.4) is 0 Å². The summed E-state index contributed by atoms with van der Waals surface area (Å²) in [5.74, 6) is 1.32. The summed E-state index contributed by atoms with van der Waals surface area (Å²) in [6, 6.07) is 10.6. The second-order valence-electron chi connectivity index (χ2n) is 4.60. The zero-order valence-corrected chi connectivity index (χ0v) is 9.26. The average molecular weight is 212 g/mol. The van der Waals surface area contributed by atoms with Gasteiger partial charge in [0.25, 0.3) is 0 Å². The molecular formula is C14H16N2. The number of rotatable bonds is 2. The van der Waals surface area contributed by atoms with Crippen LogP contribution in [0.15, 0.2) is 36.5 Å². The minimum Gasteiger partial charge on any atom is -0.330 e. The molecule has 1 saturated carbocycles. The Morgan fingerprint density at radius 2 is 2.12 bits per heavy atom. The maximum atomic E-state index is 5.79. The quantitative estimate of drug-likeness (QED) is 0.831. The zero-order chi connectivity index (χ0) is 11.0. The number of hydrogen-bond acceptors (Lipinski definition) is 2. The van der Waals surface area contributed by atoms with Crippen molar-refractivity contribution >= 4 is 10.9 Å². The summed E-state index contributed by atoms with van der Waals surface area (Å²) >= 11 is 0. The average Bonchev–Trinajstić information content (AvgIpc) is 2.29. The first-order valence-corrected chi connectivity index (χ1v) is 5.94. The van der Waals surface area contributed by atoms with Crippen molar-refractivity contribution < 1.29 is 0 Å². The van der Waals surface area contributed by atoms with Crippen LogP contribution in [-0.2, 0) is 0 Å². The molecule has 1 aliphatic carbocycles. The van der Waals surface area contributed by atoms with E-state index in [1.54, 1.807) is 0 Å². The number of fused-ring (bicyclic) bond motifs is 1. The highest BCUT2D eigenvalue weighted by molar-refractivity contribution is 5.82. The smallest absolute Gasteiger partial charge is 0.0704 e. The lowest BCUT2D eigenvalue weighted by molar-refractivity contribution is 0.265. The van der Waals surface area contributed by atoms with Gasteiger partial charge in [0.05, 0.1) is 5.52 Å². The summed E-state index contributed by atoms with van der Waals surface area (Å²) in [6.07, 6.45) is 4.40. The Morgan fingerprint density at radius 3 is 2.88 bits per heavy atom. The van der Waals surface area contributed by atoms with E-state index in [4.69, 9.17) is 5.73 Å². The summed E-state index contributed by atoms with van der Waals surface area (Å²) < 4.78 is 0. The van der Waals surface area contributed by atoms with E-state index < -0.39 is 0 Å². The van der Waals surface area contributed by atoms with E-state index in [1.807, 2.05) is 12.3 Å². The van der Waals surface area contributed by atoms with Gasteiger partial charge in [-0.25, -0.2) is 0 Å². The third kappa shape index (κ3) is 1.41. The molecule has 2 unspecified atom stereocenters. The lowest BCUT2D eigenvalue weighted by Crippen LogP contribution is -2.30. The Kier molecular flexibility index (Phi) is 2.37. The summed E-state index contributed by atoms with van der Waals surface area (Å²) in [5.41, 5.74) is 8.33. The Balaban J connectivity index is 2.09. The molecule has 0 aliphatic heterocycles. The fourth-order valence-electron chi connectivity index (χ4n) is 2.71. The van der Waals surface area contributed by atoms with Gasteiger partial charge in [-0.05, 0) is 48.9 Å². The van der Waals surface area contributed by atoms with Gasteiger partial charge in [0, 0.05) is 11.6 Å². The molecule has 1 aromatic carbocycles. The fraction of sp³-hybridized carbons (Fsp3) is 0.357. The van der Waals surface area contributed by atoms with Crippen molar-refractivity contribution in [2.24, 2.45) is 11.7 Å². The topological polar surface area (TPSA) is 38.9 Å². The van der Waals surface area contributed by atoms with Gasteiger partial charge in [-0.15, -0.1) is 0 Å². The fourth-order valence-corrected chi connectivity index (χ4v) is 2.71. The molecule has 2 aromatic rings. The van der Waals surface area contributed by atoms with Crippen LogP contribution in [0.25, 0.3) is 10.9 Å². The monoisotopic (exact) mass is 212 g/mol.